The number of likely N-dealkylation sites (N-methyl/N-ethyl adjacent to an activating group) is 1. The zero-order valence-electron chi connectivity index (χ0n) is 11.2. The van der Waals surface area contributed by atoms with Crippen molar-refractivity contribution in [2.45, 2.75) is 24.8 Å². The number of ether oxygens (including phenoxy) is 1. The maximum atomic E-state index is 11.9. The van der Waals surface area contributed by atoms with Crippen molar-refractivity contribution in [3.8, 4) is 5.88 Å². The van der Waals surface area contributed by atoms with Crippen LogP contribution in [0.2, 0.25) is 0 Å². The van der Waals surface area contributed by atoms with Gasteiger partial charge in [0.1, 0.15) is 4.90 Å². The molecule has 6 nitrogen and oxygen atoms in total. The minimum Gasteiger partial charge on any atom is -0.481 e. The van der Waals surface area contributed by atoms with Gasteiger partial charge in [-0.2, -0.15) is 0 Å². The van der Waals surface area contributed by atoms with E-state index in [1.807, 2.05) is 13.8 Å². The summed E-state index contributed by atoms with van der Waals surface area (Å²) in [6.07, 6.45) is 1.28. The highest BCUT2D eigenvalue weighted by atomic mass is 35.5. The molecule has 1 atom stereocenters. The standard InChI is InChI=1S/C11H19N3O3S.ClH/c1-4-12-9(2)7-14-18(15,16)10-5-6-11(17-3)13-8-10;/h5-6,8-9,12,14H,4,7H2,1-3H3;1H/t9-;/m1./s1. The molecule has 0 saturated heterocycles. The molecule has 110 valence electrons. The molecule has 1 rings (SSSR count). The van der Waals surface area contributed by atoms with Crippen LogP contribution in [0.15, 0.2) is 23.2 Å². The lowest BCUT2D eigenvalue weighted by molar-refractivity contribution is 0.397. The van der Waals surface area contributed by atoms with Gasteiger partial charge in [-0.1, -0.05) is 6.92 Å². The van der Waals surface area contributed by atoms with Crippen LogP contribution in [0.3, 0.4) is 0 Å². The van der Waals surface area contributed by atoms with Crippen LogP contribution in [0, 0.1) is 0 Å². The summed E-state index contributed by atoms with van der Waals surface area (Å²) in [5, 5.41) is 3.13. The van der Waals surface area contributed by atoms with Gasteiger partial charge in [-0.25, -0.2) is 18.1 Å². The topological polar surface area (TPSA) is 80.3 Å². The minimum atomic E-state index is -3.51. The second kappa shape index (κ2) is 8.31. The molecule has 0 aliphatic carbocycles. The summed E-state index contributed by atoms with van der Waals surface area (Å²) in [7, 11) is -2.03. The lowest BCUT2D eigenvalue weighted by Gasteiger charge is -2.13. The molecular formula is C11H20ClN3O3S. The second-order valence-electron chi connectivity index (χ2n) is 3.85. The van der Waals surface area contributed by atoms with E-state index in [-0.39, 0.29) is 23.3 Å². The summed E-state index contributed by atoms with van der Waals surface area (Å²) in [6, 6.07) is 3.06. The Morgan fingerprint density at radius 2 is 2.11 bits per heavy atom. The van der Waals surface area contributed by atoms with Gasteiger partial charge in [0.25, 0.3) is 0 Å². The zero-order chi connectivity index (χ0) is 13.6. The van der Waals surface area contributed by atoms with Crippen LogP contribution in [0.5, 0.6) is 5.88 Å². The van der Waals surface area contributed by atoms with Crippen LogP contribution in [0.4, 0.5) is 0 Å². The molecule has 1 heterocycles. The van der Waals surface area contributed by atoms with E-state index in [2.05, 4.69) is 15.0 Å². The molecule has 19 heavy (non-hydrogen) atoms. The Morgan fingerprint density at radius 1 is 1.42 bits per heavy atom. The first-order valence-corrected chi connectivity index (χ1v) is 7.21. The number of nitrogens with zero attached hydrogens (tertiary/aromatic N) is 1. The Morgan fingerprint density at radius 3 is 2.58 bits per heavy atom. The summed E-state index contributed by atoms with van der Waals surface area (Å²) >= 11 is 0. The van der Waals surface area contributed by atoms with Gasteiger partial charge in [0.15, 0.2) is 0 Å². The molecule has 0 aromatic carbocycles. The largest absolute Gasteiger partial charge is 0.481 e. The summed E-state index contributed by atoms with van der Waals surface area (Å²) in [5.41, 5.74) is 0. The van der Waals surface area contributed by atoms with Crippen molar-refractivity contribution in [3.63, 3.8) is 0 Å². The average molecular weight is 310 g/mol. The molecular weight excluding hydrogens is 290 g/mol. The van der Waals surface area contributed by atoms with Gasteiger partial charge >= 0.3 is 0 Å². The Kier molecular flexibility index (Phi) is 7.93. The maximum absolute atomic E-state index is 11.9. The van der Waals surface area contributed by atoms with Gasteiger partial charge in [-0.3, -0.25) is 0 Å². The monoisotopic (exact) mass is 309 g/mol. The van der Waals surface area contributed by atoms with E-state index < -0.39 is 10.0 Å². The third kappa shape index (κ3) is 5.73. The van der Waals surface area contributed by atoms with Crippen LogP contribution in [0.1, 0.15) is 13.8 Å². The van der Waals surface area contributed by atoms with Gasteiger partial charge in [-0.05, 0) is 19.5 Å². The molecule has 8 heteroatoms. The highest BCUT2D eigenvalue weighted by Gasteiger charge is 2.15. The van der Waals surface area contributed by atoms with Crippen LogP contribution in [-0.4, -0.2) is 39.6 Å². The third-order valence-corrected chi connectivity index (χ3v) is 3.77. The Hall–Kier alpha value is -0.890. The van der Waals surface area contributed by atoms with Crippen molar-refractivity contribution in [2.75, 3.05) is 20.2 Å². The predicted octanol–water partition coefficient (Wildman–Crippen LogP) is 0.788. The molecule has 0 radical (unpaired) electrons. The van der Waals surface area contributed by atoms with E-state index in [9.17, 15) is 8.42 Å². The first kappa shape index (κ1) is 18.1. The van der Waals surface area contributed by atoms with Crippen LogP contribution < -0.4 is 14.8 Å². The fourth-order valence-electron chi connectivity index (χ4n) is 1.39. The number of sulfonamides is 1. The van der Waals surface area contributed by atoms with E-state index in [1.165, 1.54) is 25.4 Å². The highest BCUT2D eigenvalue weighted by Crippen LogP contribution is 2.11. The molecule has 0 unspecified atom stereocenters. The van der Waals surface area contributed by atoms with Crippen molar-refractivity contribution >= 4 is 22.4 Å². The van der Waals surface area contributed by atoms with Crippen molar-refractivity contribution in [3.05, 3.63) is 18.3 Å². The van der Waals surface area contributed by atoms with Crippen LogP contribution >= 0.6 is 12.4 Å². The predicted molar refractivity (Wildman–Crippen MR) is 76.4 cm³/mol. The summed E-state index contributed by atoms with van der Waals surface area (Å²) < 4.78 is 31.2. The van der Waals surface area contributed by atoms with E-state index in [0.29, 0.717) is 12.4 Å². The highest BCUT2D eigenvalue weighted by molar-refractivity contribution is 7.89. The number of hydrogen-bond acceptors (Lipinski definition) is 5. The summed E-state index contributed by atoms with van der Waals surface area (Å²) in [5.74, 6) is 0.384. The van der Waals surface area contributed by atoms with Gasteiger partial charge in [-0.15, -0.1) is 12.4 Å². The Balaban J connectivity index is 0.00000324. The molecule has 0 fully saturated rings. The molecule has 0 bridgehead atoms. The molecule has 0 aliphatic rings. The van der Waals surface area contributed by atoms with Crippen molar-refractivity contribution in [2.24, 2.45) is 0 Å². The first-order valence-electron chi connectivity index (χ1n) is 5.72. The molecule has 2 N–H and O–H groups in total. The first-order chi connectivity index (χ1) is 8.49. The fraction of sp³-hybridized carbons (Fsp3) is 0.545. The van der Waals surface area contributed by atoms with Gasteiger partial charge in [0.2, 0.25) is 15.9 Å². The lowest BCUT2D eigenvalue weighted by Crippen LogP contribution is -2.38. The number of rotatable bonds is 7. The van der Waals surface area contributed by atoms with Crippen LogP contribution in [0.25, 0.3) is 0 Å². The van der Waals surface area contributed by atoms with Crippen molar-refractivity contribution in [1.82, 2.24) is 15.0 Å². The van der Waals surface area contributed by atoms with E-state index in [4.69, 9.17) is 4.74 Å². The van der Waals surface area contributed by atoms with E-state index in [0.717, 1.165) is 6.54 Å². The normalized spacial score (nSPS) is 12.6. The third-order valence-electron chi connectivity index (χ3n) is 2.36. The summed E-state index contributed by atoms with van der Waals surface area (Å²) in [4.78, 5) is 4.00. The fourth-order valence-corrected chi connectivity index (χ4v) is 2.46. The van der Waals surface area contributed by atoms with E-state index in [1.54, 1.807) is 0 Å². The lowest BCUT2D eigenvalue weighted by atomic mass is 10.3. The number of methoxy groups -OCH3 is 1. The Labute approximate surface area is 120 Å². The van der Waals surface area contributed by atoms with Gasteiger partial charge in [0, 0.05) is 18.7 Å². The number of aromatic nitrogens is 1. The quantitative estimate of drug-likeness (QED) is 0.778. The SMILES string of the molecule is CCN[C@H](C)CNS(=O)(=O)c1ccc(OC)nc1.Cl. The number of halogens is 1. The Bertz CT molecular complexity index is 465. The smallest absolute Gasteiger partial charge is 0.242 e. The maximum Gasteiger partial charge on any atom is 0.242 e. The average Bonchev–Trinajstić information content (AvgIpc) is 2.37. The molecule has 0 amide bonds. The molecule has 0 aliphatic heterocycles. The van der Waals surface area contributed by atoms with E-state index >= 15 is 0 Å². The van der Waals surface area contributed by atoms with Crippen molar-refractivity contribution < 1.29 is 13.2 Å². The number of hydrogen-bond donors (Lipinski definition) is 2. The molecule has 0 saturated carbocycles. The van der Waals surface area contributed by atoms with Gasteiger partial charge in [0.05, 0.1) is 13.3 Å². The molecule has 1 aromatic heterocycles. The molecule has 1 aromatic rings. The van der Waals surface area contributed by atoms with Crippen molar-refractivity contribution in [1.29, 1.82) is 0 Å². The van der Waals surface area contributed by atoms with Crippen LogP contribution in [-0.2, 0) is 10.0 Å². The van der Waals surface area contributed by atoms with Gasteiger partial charge < -0.3 is 10.1 Å². The minimum absolute atomic E-state index is 0. The zero-order valence-corrected chi connectivity index (χ0v) is 12.8. The number of nitrogens with one attached hydrogen (secondary N) is 2. The number of pyridine rings is 1. The molecule has 0 spiro atoms. The second-order valence-corrected chi connectivity index (χ2v) is 5.61. The summed E-state index contributed by atoms with van der Waals surface area (Å²) in [6.45, 7) is 5.02.